The highest BCUT2D eigenvalue weighted by Gasteiger charge is 2.33. The fraction of sp³-hybridized carbons (Fsp3) is 0.250. The van der Waals surface area contributed by atoms with Crippen LogP contribution in [0.15, 0.2) is 51.8 Å². The van der Waals surface area contributed by atoms with E-state index in [4.69, 9.17) is 9.47 Å². The van der Waals surface area contributed by atoms with E-state index in [9.17, 15) is 18.0 Å². The summed E-state index contributed by atoms with van der Waals surface area (Å²) in [6.07, 6.45) is 0. The summed E-state index contributed by atoms with van der Waals surface area (Å²) in [5.41, 5.74) is 1.55. The standard InChI is InChI=1S/C20H19N3O6S2/c1-2-28-16-6-4-3-5-14(16)21-18(24)12-29-19(25)13-7-8-15-17(11-13)30-20-22-31(26,27)10-9-23(15)20/h3-8,11H,2,9-10,12H2,1H3,(H,21,24). The molecule has 31 heavy (non-hydrogen) atoms. The Kier molecular flexibility index (Phi) is 5.88. The van der Waals surface area contributed by atoms with Crippen molar-refractivity contribution in [1.82, 2.24) is 0 Å². The Morgan fingerprint density at radius 1 is 1.23 bits per heavy atom. The van der Waals surface area contributed by atoms with Crippen LogP contribution in [0.1, 0.15) is 17.3 Å². The highest BCUT2D eigenvalue weighted by molar-refractivity contribution is 8.15. The molecule has 2 heterocycles. The maximum absolute atomic E-state index is 12.4. The first kappa shape index (κ1) is 21.2. The molecule has 4 rings (SSSR count). The topological polar surface area (TPSA) is 114 Å². The van der Waals surface area contributed by atoms with Crippen molar-refractivity contribution in [3.63, 3.8) is 0 Å². The molecule has 11 heteroatoms. The first-order chi connectivity index (χ1) is 14.9. The molecule has 9 nitrogen and oxygen atoms in total. The number of nitrogens with one attached hydrogen (secondary N) is 1. The van der Waals surface area contributed by atoms with Crippen LogP contribution in [0.2, 0.25) is 0 Å². The van der Waals surface area contributed by atoms with Gasteiger partial charge < -0.3 is 19.7 Å². The molecule has 0 aromatic heterocycles. The smallest absolute Gasteiger partial charge is 0.338 e. The van der Waals surface area contributed by atoms with E-state index in [1.165, 1.54) is 11.8 Å². The molecule has 2 aromatic rings. The van der Waals surface area contributed by atoms with Crippen LogP contribution in [0.25, 0.3) is 0 Å². The summed E-state index contributed by atoms with van der Waals surface area (Å²) < 4.78 is 37.8. The van der Waals surface area contributed by atoms with E-state index >= 15 is 0 Å². The number of carbonyl (C=O) groups is 2. The van der Waals surface area contributed by atoms with Crippen molar-refractivity contribution in [3.05, 3.63) is 48.0 Å². The molecule has 2 aliphatic rings. The van der Waals surface area contributed by atoms with Crippen LogP contribution < -0.4 is 15.0 Å². The molecule has 0 unspecified atom stereocenters. The molecular weight excluding hydrogens is 442 g/mol. The fourth-order valence-corrected chi connectivity index (χ4v) is 5.41. The molecular formula is C20H19N3O6S2. The van der Waals surface area contributed by atoms with Crippen LogP contribution >= 0.6 is 11.8 Å². The summed E-state index contributed by atoms with van der Waals surface area (Å²) in [6, 6.07) is 11.9. The highest BCUT2D eigenvalue weighted by atomic mass is 32.2. The van der Waals surface area contributed by atoms with Crippen LogP contribution in [0.5, 0.6) is 5.75 Å². The molecule has 0 saturated carbocycles. The molecule has 2 aromatic carbocycles. The Bertz CT molecular complexity index is 1180. The number of sulfonamides is 1. The quantitative estimate of drug-likeness (QED) is 0.653. The van der Waals surface area contributed by atoms with Crippen molar-refractivity contribution in [2.24, 2.45) is 4.40 Å². The molecule has 2 aliphatic heterocycles. The molecule has 162 valence electrons. The lowest BCUT2D eigenvalue weighted by atomic mass is 10.2. The third-order valence-corrected chi connectivity index (χ3v) is 6.81. The zero-order valence-electron chi connectivity index (χ0n) is 16.5. The SMILES string of the molecule is CCOc1ccccc1NC(=O)COC(=O)c1ccc2c(c1)SC1=NS(=O)(=O)CCN12. The Morgan fingerprint density at radius 2 is 2.03 bits per heavy atom. The lowest BCUT2D eigenvalue weighted by molar-refractivity contribution is -0.119. The van der Waals surface area contributed by atoms with Gasteiger partial charge in [-0.15, -0.1) is 4.40 Å². The number of carbonyl (C=O) groups excluding carboxylic acids is 2. The van der Waals surface area contributed by atoms with Crippen molar-refractivity contribution in [1.29, 1.82) is 0 Å². The molecule has 1 N–H and O–H groups in total. The molecule has 0 spiro atoms. The lowest BCUT2D eigenvalue weighted by Gasteiger charge is -2.22. The number of ether oxygens (including phenoxy) is 2. The van der Waals surface area contributed by atoms with E-state index in [0.29, 0.717) is 34.7 Å². The largest absolute Gasteiger partial charge is 0.492 e. The van der Waals surface area contributed by atoms with E-state index in [1.807, 2.05) is 6.92 Å². The Balaban J connectivity index is 1.39. The fourth-order valence-electron chi connectivity index (χ4n) is 3.11. The number of benzene rings is 2. The summed E-state index contributed by atoms with van der Waals surface area (Å²) in [5.74, 6) is -0.674. The molecule has 0 aliphatic carbocycles. The van der Waals surface area contributed by atoms with Gasteiger partial charge in [-0.1, -0.05) is 12.1 Å². The third-order valence-electron chi connectivity index (χ3n) is 4.50. The summed E-state index contributed by atoms with van der Waals surface area (Å²) in [7, 11) is -3.45. The normalized spacial score (nSPS) is 16.0. The number of hydrogen-bond acceptors (Lipinski definition) is 8. The van der Waals surface area contributed by atoms with Crippen LogP contribution in [-0.2, 0) is 19.6 Å². The number of thioether (sulfide) groups is 1. The van der Waals surface area contributed by atoms with Gasteiger partial charge in [0.15, 0.2) is 11.8 Å². The van der Waals surface area contributed by atoms with Gasteiger partial charge >= 0.3 is 5.97 Å². The van der Waals surface area contributed by atoms with Crippen LogP contribution in [0, 0.1) is 0 Å². The highest BCUT2D eigenvalue weighted by Crippen LogP contribution is 2.42. The molecule has 0 bridgehead atoms. The summed E-state index contributed by atoms with van der Waals surface area (Å²) in [5, 5.41) is 3.03. The predicted molar refractivity (Wildman–Crippen MR) is 117 cm³/mol. The number of anilines is 2. The first-order valence-electron chi connectivity index (χ1n) is 9.47. The van der Waals surface area contributed by atoms with Crippen LogP contribution in [0.4, 0.5) is 11.4 Å². The summed E-state index contributed by atoms with van der Waals surface area (Å²) in [4.78, 5) is 27.1. The minimum atomic E-state index is -3.45. The Labute approximate surface area is 183 Å². The maximum atomic E-state index is 12.4. The second-order valence-electron chi connectivity index (χ2n) is 6.65. The number of fused-ring (bicyclic) bond motifs is 3. The number of esters is 1. The monoisotopic (exact) mass is 461 g/mol. The van der Waals surface area contributed by atoms with Crippen molar-refractivity contribution in [3.8, 4) is 5.75 Å². The first-order valence-corrected chi connectivity index (χ1v) is 11.9. The van der Waals surface area contributed by atoms with E-state index in [1.54, 1.807) is 47.4 Å². The number of nitrogens with zero attached hydrogens (tertiary/aromatic N) is 2. The van der Waals surface area contributed by atoms with Gasteiger partial charge in [0.25, 0.3) is 15.9 Å². The molecule has 0 fully saturated rings. The van der Waals surface area contributed by atoms with E-state index in [2.05, 4.69) is 9.71 Å². The number of hydrogen-bond donors (Lipinski definition) is 1. The maximum Gasteiger partial charge on any atom is 0.338 e. The minimum Gasteiger partial charge on any atom is -0.492 e. The van der Waals surface area contributed by atoms with Crippen molar-refractivity contribution >= 4 is 50.2 Å². The van der Waals surface area contributed by atoms with Gasteiger partial charge in [0, 0.05) is 11.4 Å². The summed E-state index contributed by atoms with van der Waals surface area (Å²) in [6.45, 7) is 2.15. The van der Waals surface area contributed by atoms with Gasteiger partial charge in [-0.2, -0.15) is 0 Å². The molecule has 0 atom stereocenters. The van der Waals surface area contributed by atoms with Crippen molar-refractivity contribution < 1.29 is 27.5 Å². The number of amides is 1. The Morgan fingerprint density at radius 3 is 2.84 bits per heavy atom. The van der Waals surface area contributed by atoms with E-state index < -0.39 is 28.5 Å². The van der Waals surface area contributed by atoms with Crippen molar-refractivity contribution in [2.75, 3.05) is 35.7 Å². The molecule has 1 amide bonds. The number of para-hydroxylation sites is 2. The van der Waals surface area contributed by atoms with Crippen LogP contribution in [-0.4, -0.2) is 51.0 Å². The minimum absolute atomic E-state index is 0.0537. The van der Waals surface area contributed by atoms with E-state index in [0.717, 1.165) is 5.69 Å². The number of amidine groups is 1. The second kappa shape index (κ2) is 8.60. The average Bonchev–Trinajstić information content (AvgIpc) is 3.09. The van der Waals surface area contributed by atoms with Gasteiger partial charge in [0.2, 0.25) is 0 Å². The van der Waals surface area contributed by atoms with Gasteiger partial charge in [0.05, 0.1) is 29.3 Å². The third kappa shape index (κ3) is 4.67. The molecule has 0 saturated heterocycles. The molecule has 0 radical (unpaired) electrons. The van der Waals surface area contributed by atoms with Gasteiger partial charge in [-0.05, 0) is 49.0 Å². The zero-order valence-corrected chi connectivity index (χ0v) is 18.2. The van der Waals surface area contributed by atoms with Crippen molar-refractivity contribution in [2.45, 2.75) is 11.8 Å². The summed E-state index contributed by atoms with van der Waals surface area (Å²) >= 11 is 1.18. The number of rotatable bonds is 6. The average molecular weight is 462 g/mol. The van der Waals surface area contributed by atoms with E-state index in [-0.39, 0.29) is 11.3 Å². The zero-order chi connectivity index (χ0) is 22.0. The predicted octanol–water partition coefficient (Wildman–Crippen LogP) is 2.49. The Hall–Kier alpha value is -3.05. The van der Waals surface area contributed by atoms with Gasteiger partial charge in [-0.25, -0.2) is 13.2 Å². The van der Waals surface area contributed by atoms with Gasteiger partial charge in [-0.3, -0.25) is 4.79 Å². The van der Waals surface area contributed by atoms with Gasteiger partial charge in [0.1, 0.15) is 5.75 Å². The second-order valence-corrected chi connectivity index (χ2v) is 9.41. The van der Waals surface area contributed by atoms with Crippen LogP contribution in [0.3, 0.4) is 0 Å². The lowest BCUT2D eigenvalue weighted by Crippen LogP contribution is -2.35.